The fourth-order valence-corrected chi connectivity index (χ4v) is 4.77. The molecule has 3 rings (SSSR count). The van der Waals surface area contributed by atoms with E-state index >= 15 is 0 Å². The average molecular weight is 591 g/mol. The third-order valence-electron chi connectivity index (χ3n) is 5.11. The zero-order chi connectivity index (χ0) is 24.8. The largest absolute Gasteiger partial charge is 0.507 e. The Bertz CT molecular complexity index is 1170. The maximum Gasteiger partial charge on any atom is 0.335 e. The Morgan fingerprint density at radius 1 is 1.09 bits per heavy atom. The number of benzene rings is 2. The fraction of sp³-hybridized carbons (Fsp3) is 0.231. The summed E-state index contributed by atoms with van der Waals surface area (Å²) in [6, 6.07) is 10.9. The number of carbonyl (C=O) groups excluding carboxylic acids is 1. The van der Waals surface area contributed by atoms with Crippen molar-refractivity contribution in [3.8, 4) is 17.2 Å². The lowest BCUT2D eigenvalue weighted by Gasteiger charge is -2.17. The number of rotatable bonds is 8. The molecule has 0 aliphatic heterocycles. The van der Waals surface area contributed by atoms with Gasteiger partial charge < -0.3 is 19.7 Å². The molecule has 6 nitrogen and oxygen atoms in total. The van der Waals surface area contributed by atoms with Crippen LogP contribution in [-0.4, -0.2) is 34.4 Å². The maximum atomic E-state index is 11.5. The van der Waals surface area contributed by atoms with E-state index in [0.717, 1.165) is 16.7 Å². The van der Waals surface area contributed by atoms with Gasteiger partial charge in [0.1, 0.15) is 11.5 Å². The van der Waals surface area contributed by atoms with Crippen LogP contribution in [0.15, 0.2) is 57.7 Å². The molecule has 2 N–H and O–H groups in total. The number of phenols is 1. The van der Waals surface area contributed by atoms with Crippen molar-refractivity contribution in [2.24, 2.45) is 0 Å². The second-order valence-electron chi connectivity index (χ2n) is 7.95. The molecule has 1 heterocycles. The smallest absolute Gasteiger partial charge is 0.335 e. The molecule has 0 aliphatic carbocycles. The van der Waals surface area contributed by atoms with Gasteiger partial charge in [-0.05, 0) is 85.3 Å². The summed E-state index contributed by atoms with van der Waals surface area (Å²) in [5, 5.41) is 20.8. The van der Waals surface area contributed by atoms with E-state index in [1.165, 1.54) is 7.11 Å². The highest BCUT2D eigenvalue weighted by molar-refractivity contribution is 9.11. The van der Waals surface area contributed by atoms with E-state index in [0.29, 0.717) is 26.0 Å². The molecule has 3 aromatic rings. The van der Waals surface area contributed by atoms with Gasteiger partial charge in [0, 0.05) is 29.9 Å². The predicted molar refractivity (Wildman–Crippen MR) is 139 cm³/mol. The summed E-state index contributed by atoms with van der Waals surface area (Å²) < 4.78 is 12.1. The van der Waals surface area contributed by atoms with Gasteiger partial charge in [0.25, 0.3) is 0 Å². The molecular formula is C26H25Br2NO5. The van der Waals surface area contributed by atoms with Crippen LogP contribution in [0.4, 0.5) is 0 Å². The third-order valence-corrected chi connectivity index (χ3v) is 6.28. The first-order chi connectivity index (χ1) is 16.2. The Labute approximate surface area is 215 Å². The van der Waals surface area contributed by atoms with Crippen LogP contribution in [0, 0.1) is 0 Å². The topological polar surface area (TPSA) is 88.9 Å². The van der Waals surface area contributed by atoms with Crippen LogP contribution >= 0.6 is 31.9 Å². The van der Waals surface area contributed by atoms with Crippen molar-refractivity contribution < 1.29 is 24.5 Å². The minimum absolute atomic E-state index is 0.0747. The number of aliphatic hydroxyl groups is 1. The van der Waals surface area contributed by atoms with Gasteiger partial charge in [-0.1, -0.05) is 26.0 Å². The molecule has 178 valence electrons. The van der Waals surface area contributed by atoms with Gasteiger partial charge >= 0.3 is 5.97 Å². The number of ether oxygens (including phenoxy) is 2. The molecule has 8 heteroatoms. The lowest BCUT2D eigenvalue weighted by Crippen LogP contribution is -2.24. The molecule has 1 unspecified atom stereocenters. The number of halogens is 2. The van der Waals surface area contributed by atoms with Gasteiger partial charge in [0.15, 0.2) is 11.9 Å². The zero-order valence-corrected chi connectivity index (χ0v) is 22.1. The van der Waals surface area contributed by atoms with E-state index in [2.05, 4.69) is 41.6 Å². The molecule has 2 aromatic carbocycles. The van der Waals surface area contributed by atoms with Crippen molar-refractivity contribution in [1.29, 1.82) is 0 Å². The molecule has 34 heavy (non-hydrogen) atoms. The Hall–Kier alpha value is -2.68. The Morgan fingerprint density at radius 3 is 2.32 bits per heavy atom. The fourth-order valence-electron chi connectivity index (χ4n) is 3.33. The number of phenolic OH excluding ortho intramolecular Hbond substituents is 1. The van der Waals surface area contributed by atoms with Gasteiger partial charge in [-0.25, -0.2) is 4.79 Å². The molecule has 0 spiro atoms. The summed E-state index contributed by atoms with van der Waals surface area (Å²) in [5.74, 6) is 0.675. The van der Waals surface area contributed by atoms with Crippen molar-refractivity contribution >= 4 is 50.0 Å². The minimum Gasteiger partial charge on any atom is -0.507 e. The second kappa shape index (κ2) is 11.6. The number of aromatic nitrogens is 1. The predicted octanol–water partition coefficient (Wildman–Crippen LogP) is 6.47. The van der Waals surface area contributed by atoms with Crippen LogP contribution in [-0.2, 0) is 16.0 Å². The lowest BCUT2D eigenvalue weighted by atomic mass is 9.98. The highest BCUT2D eigenvalue weighted by Gasteiger charge is 2.19. The molecule has 1 aromatic heterocycles. The SMILES string of the molecule is COC(=O)C(O)Cc1cc(Br)c(Oc2cc(/C=C/c3ccncc3)c(O)c(C(C)C)c2)c(Br)c1. The molecule has 0 fully saturated rings. The summed E-state index contributed by atoms with van der Waals surface area (Å²) in [5.41, 5.74) is 3.07. The van der Waals surface area contributed by atoms with E-state index in [9.17, 15) is 15.0 Å². The van der Waals surface area contributed by atoms with Crippen LogP contribution < -0.4 is 4.74 Å². The van der Waals surface area contributed by atoms with Crippen molar-refractivity contribution in [3.63, 3.8) is 0 Å². The number of esters is 1. The Balaban J connectivity index is 1.93. The van der Waals surface area contributed by atoms with Gasteiger partial charge in [-0.3, -0.25) is 4.98 Å². The lowest BCUT2D eigenvalue weighted by molar-refractivity contribution is -0.150. The van der Waals surface area contributed by atoms with Crippen LogP contribution in [0.25, 0.3) is 12.2 Å². The van der Waals surface area contributed by atoms with E-state index in [4.69, 9.17) is 4.74 Å². The Kier molecular flexibility index (Phi) is 8.88. The number of aromatic hydroxyl groups is 1. The summed E-state index contributed by atoms with van der Waals surface area (Å²) in [6.07, 6.45) is 6.01. The summed E-state index contributed by atoms with van der Waals surface area (Å²) in [4.78, 5) is 15.6. The number of methoxy groups -OCH3 is 1. The van der Waals surface area contributed by atoms with Crippen LogP contribution in [0.1, 0.15) is 42.0 Å². The number of pyridine rings is 1. The normalized spacial score (nSPS) is 12.2. The monoisotopic (exact) mass is 589 g/mol. The molecule has 0 radical (unpaired) electrons. The number of hydrogen-bond acceptors (Lipinski definition) is 6. The number of hydrogen-bond donors (Lipinski definition) is 2. The average Bonchev–Trinajstić information content (AvgIpc) is 2.81. The molecular weight excluding hydrogens is 566 g/mol. The molecule has 0 saturated carbocycles. The van der Waals surface area contributed by atoms with Gasteiger partial charge in [0.2, 0.25) is 0 Å². The molecule has 0 saturated heterocycles. The van der Waals surface area contributed by atoms with Gasteiger partial charge in [-0.2, -0.15) is 0 Å². The first-order valence-corrected chi connectivity index (χ1v) is 12.1. The van der Waals surface area contributed by atoms with Crippen molar-refractivity contribution in [1.82, 2.24) is 4.98 Å². The molecule has 0 aliphatic rings. The highest BCUT2D eigenvalue weighted by atomic mass is 79.9. The summed E-state index contributed by atoms with van der Waals surface area (Å²) in [6.45, 7) is 4.00. The first kappa shape index (κ1) is 25.9. The van der Waals surface area contributed by atoms with Crippen LogP contribution in [0.5, 0.6) is 17.2 Å². The van der Waals surface area contributed by atoms with E-state index in [1.807, 2.05) is 44.2 Å². The Morgan fingerprint density at radius 2 is 1.74 bits per heavy atom. The van der Waals surface area contributed by atoms with Gasteiger partial charge in [0.05, 0.1) is 16.1 Å². The molecule has 0 bridgehead atoms. The number of aliphatic hydroxyl groups excluding tert-OH is 1. The van der Waals surface area contributed by atoms with Crippen molar-refractivity contribution in [2.45, 2.75) is 32.3 Å². The van der Waals surface area contributed by atoms with Crippen molar-refractivity contribution in [3.05, 3.63) is 80.0 Å². The van der Waals surface area contributed by atoms with E-state index < -0.39 is 12.1 Å². The quantitative estimate of drug-likeness (QED) is 0.292. The zero-order valence-electron chi connectivity index (χ0n) is 19.0. The maximum absolute atomic E-state index is 11.5. The minimum atomic E-state index is -1.25. The molecule has 1 atom stereocenters. The standard InChI is InChI=1S/C26H25Br2NO5/c1-15(2)20-14-19(13-18(24(20)31)5-4-16-6-8-29-9-7-16)34-25-21(27)10-17(11-22(25)28)12-23(30)26(32)33-3/h4-11,13-15,23,30-31H,12H2,1-3H3/b5-4+. The van der Waals surface area contributed by atoms with Gasteiger partial charge in [-0.15, -0.1) is 0 Å². The first-order valence-electron chi connectivity index (χ1n) is 10.6. The number of carbonyl (C=O) groups is 1. The highest BCUT2D eigenvalue weighted by Crippen LogP contribution is 2.41. The third kappa shape index (κ3) is 6.46. The van der Waals surface area contributed by atoms with E-state index in [1.54, 1.807) is 30.6 Å². The number of nitrogens with zero attached hydrogens (tertiary/aromatic N) is 1. The van der Waals surface area contributed by atoms with Crippen molar-refractivity contribution in [2.75, 3.05) is 7.11 Å². The van der Waals surface area contributed by atoms with Crippen LogP contribution in [0.2, 0.25) is 0 Å². The van der Waals surface area contributed by atoms with E-state index in [-0.39, 0.29) is 18.1 Å². The second-order valence-corrected chi connectivity index (χ2v) is 9.66. The molecule has 0 amide bonds. The summed E-state index contributed by atoms with van der Waals surface area (Å²) in [7, 11) is 1.23. The van der Waals surface area contributed by atoms with Crippen LogP contribution in [0.3, 0.4) is 0 Å². The summed E-state index contributed by atoms with van der Waals surface area (Å²) >= 11 is 7.04.